The molecule has 2 heterocycles. The Morgan fingerprint density at radius 2 is 2.03 bits per heavy atom. The van der Waals surface area contributed by atoms with E-state index in [-0.39, 0.29) is 29.9 Å². The number of methoxy groups -OCH3 is 1. The maximum Gasteiger partial charge on any atom is 0.318 e. The second-order valence-electron chi connectivity index (χ2n) is 8.67. The number of quaternary nitrogens is 1. The highest BCUT2D eigenvalue weighted by molar-refractivity contribution is 6.15. The predicted octanol–water partition coefficient (Wildman–Crippen LogP) is 2.37. The van der Waals surface area contributed by atoms with E-state index in [0.717, 1.165) is 19.6 Å². The minimum atomic E-state index is -1.79. The zero-order chi connectivity index (χ0) is 22.5. The third-order valence-corrected chi connectivity index (χ3v) is 6.86. The smallest absolute Gasteiger partial charge is 0.318 e. The van der Waals surface area contributed by atoms with E-state index in [1.165, 1.54) is 7.11 Å². The molecule has 9 nitrogen and oxygen atoms in total. The molecule has 0 amide bonds. The molecule has 1 aromatic rings. The first kappa shape index (κ1) is 21.3. The van der Waals surface area contributed by atoms with Crippen molar-refractivity contribution in [1.82, 2.24) is 0 Å². The number of ketones is 1. The number of morpholine rings is 1. The minimum Gasteiger partial charge on any atom is -0.500 e. The van der Waals surface area contributed by atoms with Gasteiger partial charge in [0.2, 0.25) is 6.23 Å². The molecule has 9 heteroatoms. The lowest BCUT2D eigenvalue weighted by atomic mass is 9.86. The molecule has 2 aliphatic heterocycles. The number of ether oxygens (including phenoxy) is 4. The zero-order valence-corrected chi connectivity index (χ0v) is 18.2. The predicted molar refractivity (Wildman–Crippen MR) is 112 cm³/mol. The number of benzene rings is 1. The number of carbonyl (C=O) groups excluding carboxylic acids is 1. The Hall–Kier alpha value is -2.59. The number of nitrogens with zero attached hydrogens (tertiary/aromatic N) is 2. The van der Waals surface area contributed by atoms with Crippen LogP contribution in [0.25, 0.3) is 0 Å². The molecular weight excluding hydrogens is 416 g/mol. The molecule has 4 aliphatic rings. The first-order valence-corrected chi connectivity index (χ1v) is 11.0. The van der Waals surface area contributed by atoms with E-state index in [0.29, 0.717) is 41.0 Å². The number of nitro groups is 1. The van der Waals surface area contributed by atoms with E-state index in [1.807, 2.05) is 19.1 Å². The third kappa shape index (κ3) is 3.11. The number of allylic oxidation sites excluding steroid dienone is 1. The van der Waals surface area contributed by atoms with Gasteiger partial charge in [0.05, 0.1) is 43.3 Å². The van der Waals surface area contributed by atoms with Crippen LogP contribution >= 0.6 is 0 Å². The fourth-order valence-electron chi connectivity index (χ4n) is 5.14. The van der Waals surface area contributed by atoms with Crippen LogP contribution in [0.15, 0.2) is 47.4 Å². The van der Waals surface area contributed by atoms with E-state index in [2.05, 4.69) is 0 Å². The minimum absolute atomic E-state index is 0.0702. The van der Waals surface area contributed by atoms with Crippen LogP contribution in [-0.2, 0) is 18.9 Å². The average molecular weight is 443 g/mol. The molecule has 3 atom stereocenters. The molecule has 32 heavy (non-hydrogen) atoms. The SMILES string of the molecule is CCCOC1(OC2C[N+]23CCOCC3)C=C(OC)C2C(=C1[N+](=O)[O-])C(=O)c1ccccc12. The van der Waals surface area contributed by atoms with Crippen LogP contribution in [0.3, 0.4) is 0 Å². The lowest BCUT2D eigenvalue weighted by molar-refractivity contribution is -0.840. The van der Waals surface area contributed by atoms with Gasteiger partial charge in [0.25, 0.3) is 5.79 Å². The van der Waals surface area contributed by atoms with Crippen molar-refractivity contribution in [2.45, 2.75) is 31.3 Å². The Bertz CT molecular complexity index is 1030. The van der Waals surface area contributed by atoms with Crippen molar-refractivity contribution >= 4 is 5.78 Å². The molecule has 0 radical (unpaired) electrons. The van der Waals surface area contributed by atoms with E-state index >= 15 is 0 Å². The number of carbonyl (C=O) groups is 1. The molecule has 2 aliphatic carbocycles. The Labute approximate surface area is 185 Å². The average Bonchev–Trinajstić information content (AvgIpc) is 3.35. The van der Waals surface area contributed by atoms with Crippen LogP contribution in [-0.4, -0.2) is 73.8 Å². The van der Waals surface area contributed by atoms with Gasteiger partial charge in [-0.15, -0.1) is 0 Å². The Morgan fingerprint density at radius 3 is 2.72 bits per heavy atom. The molecule has 3 unspecified atom stereocenters. The Kier molecular flexibility index (Phi) is 5.16. The molecule has 2 fully saturated rings. The molecule has 170 valence electrons. The summed E-state index contributed by atoms with van der Waals surface area (Å²) in [5.74, 6) is -2.39. The van der Waals surface area contributed by atoms with Gasteiger partial charge in [-0.25, -0.2) is 0 Å². The normalized spacial score (nSPS) is 30.1. The van der Waals surface area contributed by atoms with Gasteiger partial charge in [0.1, 0.15) is 18.8 Å². The molecule has 0 bridgehead atoms. The summed E-state index contributed by atoms with van der Waals surface area (Å²) in [6, 6.07) is 7.07. The number of hydrogen-bond donors (Lipinski definition) is 0. The van der Waals surface area contributed by atoms with Gasteiger partial charge in [-0.05, 0) is 12.0 Å². The number of Topliss-reactive ketones (excluding diaryl/α,β-unsaturated/α-hetero) is 1. The Balaban J connectivity index is 1.63. The molecular formula is C23H27N2O7+. The number of rotatable bonds is 7. The van der Waals surface area contributed by atoms with Crippen molar-refractivity contribution in [3.63, 3.8) is 0 Å². The summed E-state index contributed by atoms with van der Waals surface area (Å²) in [6.45, 7) is 5.71. The molecule has 1 aromatic carbocycles. The molecule has 0 aromatic heterocycles. The lowest BCUT2D eigenvalue weighted by Gasteiger charge is -2.34. The largest absolute Gasteiger partial charge is 0.500 e. The van der Waals surface area contributed by atoms with Crippen molar-refractivity contribution in [2.75, 3.05) is 46.6 Å². The maximum absolute atomic E-state index is 13.4. The second kappa shape index (κ2) is 7.77. The summed E-state index contributed by atoms with van der Waals surface area (Å²) >= 11 is 0. The van der Waals surface area contributed by atoms with Gasteiger partial charge in [-0.2, -0.15) is 0 Å². The second-order valence-corrected chi connectivity index (χ2v) is 8.67. The van der Waals surface area contributed by atoms with Gasteiger partial charge in [-0.1, -0.05) is 31.2 Å². The molecule has 0 N–H and O–H groups in total. The first-order chi connectivity index (χ1) is 15.5. The van der Waals surface area contributed by atoms with Crippen molar-refractivity contribution in [3.8, 4) is 0 Å². The highest BCUT2D eigenvalue weighted by Gasteiger charge is 2.65. The molecule has 0 saturated carbocycles. The molecule has 5 rings (SSSR count). The topological polar surface area (TPSA) is 97.1 Å². The van der Waals surface area contributed by atoms with E-state index in [1.54, 1.807) is 18.2 Å². The van der Waals surface area contributed by atoms with Gasteiger partial charge < -0.3 is 14.2 Å². The van der Waals surface area contributed by atoms with Gasteiger partial charge in [0.15, 0.2) is 12.3 Å². The summed E-state index contributed by atoms with van der Waals surface area (Å²) in [7, 11) is 1.50. The van der Waals surface area contributed by atoms with E-state index < -0.39 is 16.6 Å². The summed E-state index contributed by atoms with van der Waals surface area (Å²) in [5.41, 5.74) is 0.883. The van der Waals surface area contributed by atoms with Gasteiger partial charge in [-0.3, -0.25) is 24.1 Å². The fourth-order valence-corrected chi connectivity index (χ4v) is 5.14. The standard InChI is InChI=1S/C23H27N2O7/c1-3-10-31-23(32-18-14-25(18)8-11-30-12-9-25)13-17(29-2)19-15-6-4-5-7-16(15)21(26)20(19)22(23)24(27)28/h4-7,13,18-19H,3,8-12,14H2,1-2H3/q+1. The summed E-state index contributed by atoms with van der Waals surface area (Å²) < 4.78 is 24.4. The third-order valence-electron chi connectivity index (χ3n) is 6.86. The highest BCUT2D eigenvalue weighted by Crippen LogP contribution is 2.52. The van der Waals surface area contributed by atoms with Gasteiger partial charge in [0, 0.05) is 11.6 Å². The molecule has 1 spiro atoms. The highest BCUT2D eigenvalue weighted by atomic mass is 16.7. The van der Waals surface area contributed by atoms with Crippen molar-refractivity contribution in [2.24, 2.45) is 0 Å². The number of hydrogen-bond acceptors (Lipinski definition) is 7. The molecule has 2 saturated heterocycles. The van der Waals surface area contributed by atoms with E-state index in [4.69, 9.17) is 18.9 Å². The summed E-state index contributed by atoms with van der Waals surface area (Å²) in [5, 5.41) is 12.5. The van der Waals surface area contributed by atoms with Crippen LogP contribution in [0, 0.1) is 10.1 Å². The zero-order valence-electron chi connectivity index (χ0n) is 18.2. The summed E-state index contributed by atoms with van der Waals surface area (Å²) in [4.78, 5) is 25.3. The van der Waals surface area contributed by atoms with Crippen LogP contribution in [0.4, 0.5) is 0 Å². The quantitative estimate of drug-likeness (QED) is 0.210. The monoisotopic (exact) mass is 443 g/mol. The Morgan fingerprint density at radius 1 is 1.28 bits per heavy atom. The van der Waals surface area contributed by atoms with Crippen LogP contribution in [0.5, 0.6) is 0 Å². The van der Waals surface area contributed by atoms with Crippen molar-refractivity contribution in [3.05, 3.63) is 68.6 Å². The first-order valence-electron chi connectivity index (χ1n) is 11.0. The van der Waals surface area contributed by atoms with Crippen LogP contribution in [0.1, 0.15) is 35.2 Å². The lowest BCUT2D eigenvalue weighted by Crippen LogP contribution is -2.48. The van der Waals surface area contributed by atoms with Crippen LogP contribution < -0.4 is 0 Å². The summed E-state index contributed by atoms with van der Waals surface area (Å²) in [6.07, 6.45) is 1.94. The number of fused-ring (bicyclic) bond motifs is 3. The fraction of sp³-hybridized carbons (Fsp3) is 0.522. The van der Waals surface area contributed by atoms with Crippen molar-refractivity contribution in [1.29, 1.82) is 0 Å². The maximum atomic E-state index is 13.4. The van der Waals surface area contributed by atoms with Gasteiger partial charge >= 0.3 is 5.70 Å². The van der Waals surface area contributed by atoms with Crippen molar-refractivity contribution < 1.29 is 33.1 Å². The van der Waals surface area contributed by atoms with E-state index in [9.17, 15) is 14.9 Å². The van der Waals surface area contributed by atoms with Crippen LogP contribution in [0.2, 0.25) is 0 Å².